The smallest absolute Gasteiger partial charge is 0.305 e. The Morgan fingerprint density at radius 3 is 2.77 bits per heavy atom. The van der Waals surface area contributed by atoms with Crippen LogP contribution in [0.25, 0.3) is 10.9 Å². The molecule has 0 aliphatic heterocycles. The molecule has 3 N–H and O–H groups in total. The Morgan fingerprint density at radius 2 is 2.04 bits per heavy atom. The predicted octanol–water partition coefficient (Wildman–Crippen LogP) is 2.98. The van der Waals surface area contributed by atoms with Gasteiger partial charge >= 0.3 is 5.97 Å². The van der Waals surface area contributed by atoms with Crippen molar-refractivity contribution in [1.29, 1.82) is 0 Å². The van der Waals surface area contributed by atoms with Crippen LogP contribution in [-0.4, -0.2) is 44.2 Å². The number of hydrogen-bond donors (Lipinski definition) is 3. The van der Waals surface area contributed by atoms with Crippen LogP contribution in [0.1, 0.15) is 24.8 Å². The minimum absolute atomic E-state index is 0. The third-order valence-electron chi connectivity index (χ3n) is 3.97. The van der Waals surface area contributed by atoms with Gasteiger partial charge in [0, 0.05) is 43.7 Å². The second-order valence-electron chi connectivity index (χ2n) is 5.71. The molecule has 8 heteroatoms. The third-order valence-corrected chi connectivity index (χ3v) is 3.97. The Hall–Kier alpha value is -1.84. The number of methoxy groups -OCH3 is 1. The lowest BCUT2D eigenvalue weighted by molar-refractivity contribution is -0.140. The Bertz CT molecular complexity index is 733. The first kappa shape index (κ1) is 22.2. The zero-order valence-electron chi connectivity index (χ0n) is 15.1. The highest BCUT2D eigenvalue weighted by Crippen LogP contribution is 2.19. The van der Waals surface area contributed by atoms with Crippen molar-refractivity contribution in [3.05, 3.63) is 35.8 Å². The van der Waals surface area contributed by atoms with Crippen LogP contribution in [0.3, 0.4) is 0 Å². The fraction of sp³-hybridized carbons (Fsp3) is 0.444. The first-order valence-electron chi connectivity index (χ1n) is 8.41. The van der Waals surface area contributed by atoms with Gasteiger partial charge in [-0.05, 0) is 43.0 Å². The van der Waals surface area contributed by atoms with Crippen LogP contribution in [0.4, 0.5) is 4.39 Å². The van der Waals surface area contributed by atoms with Crippen LogP contribution < -0.4 is 10.6 Å². The van der Waals surface area contributed by atoms with Crippen molar-refractivity contribution in [2.75, 3.05) is 27.2 Å². The van der Waals surface area contributed by atoms with Gasteiger partial charge < -0.3 is 20.4 Å². The summed E-state index contributed by atoms with van der Waals surface area (Å²) < 4.78 is 18.0. The number of rotatable bonds is 8. The van der Waals surface area contributed by atoms with Crippen LogP contribution in [-0.2, 0) is 16.0 Å². The van der Waals surface area contributed by atoms with E-state index in [1.54, 1.807) is 19.2 Å². The largest absolute Gasteiger partial charge is 0.469 e. The van der Waals surface area contributed by atoms with E-state index in [2.05, 4.69) is 25.3 Å². The van der Waals surface area contributed by atoms with E-state index in [1.165, 1.54) is 13.2 Å². The maximum Gasteiger partial charge on any atom is 0.305 e. The molecule has 2 rings (SSSR count). The fourth-order valence-corrected chi connectivity index (χ4v) is 2.60. The summed E-state index contributed by atoms with van der Waals surface area (Å²) in [6, 6.07) is 4.75. The van der Waals surface area contributed by atoms with Crippen molar-refractivity contribution >= 4 is 46.8 Å². The number of aromatic amines is 1. The molecule has 0 saturated carbocycles. The SMILES string of the molecule is CN=C(NCCCCC(=O)OC)NCCc1c[nH]c2ccc(F)cc12.I. The number of nitrogens with one attached hydrogen (secondary N) is 3. The quantitative estimate of drug-likeness (QED) is 0.180. The summed E-state index contributed by atoms with van der Waals surface area (Å²) in [4.78, 5) is 18.3. The van der Waals surface area contributed by atoms with Gasteiger partial charge in [0.1, 0.15) is 5.82 Å². The summed E-state index contributed by atoms with van der Waals surface area (Å²) in [5.74, 6) is 0.299. The number of halogens is 2. The van der Waals surface area contributed by atoms with Gasteiger partial charge in [0.15, 0.2) is 5.96 Å². The maximum atomic E-state index is 13.4. The number of fused-ring (bicyclic) bond motifs is 1. The Kier molecular flexibility index (Phi) is 10.0. The maximum absolute atomic E-state index is 13.4. The number of esters is 1. The lowest BCUT2D eigenvalue weighted by atomic mass is 10.1. The Labute approximate surface area is 170 Å². The minimum Gasteiger partial charge on any atom is -0.469 e. The van der Waals surface area contributed by atoms with E-state index in [9.17, 15) is 9.18 Å². The van der Waals surface area contributed by atoms with E-state index >= 15 is 0 Å². The van der Waals surface area contributed by atoms with Gasteiger partial charge in [0.05, 0.1) is 7.11 Å². The highest BCUT2D eigenvalue weighted by molar-refractivity contribution is 14.0. The molecule has 144 valence electrons. The molecule has 0 amide bonds. The summed E-state index contributed by atoms with van der Waals surface area (Å²) in [5.41, 5.74) is 2.00. The van der Waals surface area contributed by atoms with Crippen LogP contribution >= 0.6 is 24.0 Å². The molecule has 26 heavy (non-hydrogen) atoms. The fourth-order valence-electron chi connectivity index (χ4n) is 2.60. The highest BCUT2D eigenvalue weighted by atomic mass is 127. The molecule has 1 aromatic carbocycles. The average molecular weight is 476 g/mol. The lowest BCUT2D eigenvalue weighted by Crippen LogP contribution is -2.38. The first-order valence-corrected chi connectivity index (χ1v) is 8.41. The van der Waals surface area contributed by atoms with Gasteiger partial charge in [-0.1, -0.05) is 0 Å². The first-order chi connectivity index (χ1) is 12.1. The van der Waals surface area contributed by atoms with Crippen LogP contribution in [0, 0.1) is 5.82 Å². The molecule has 0 aliphatic rings. The molecular weight excluding hydrogens is 450 g/mol. The molecule has 0 saturated heterocycles. The van der Waals surface area contributed by atoms with Crippen molar-refractivity contribution in [2.24, 2.45) is 4.99 Å². The Balaban J connectivity index is 0.00000338. The minimum atomic E-state index is -0.231. The summed E-state index contributed by atoms with van der Waals surface area (Å²) in [7, 11) is 3.11. The number of hydrogen-bond acceptors (Lipinski definition) is 3. The molecule has 2 aromatic rings. The zero-order valence-corrected chi connectivity index (χ0v) is 17.4. The second-order valence-corrected chi connectivity index (χ2v) is 5.71. The molecule has 0 fully saturated rings. The van der Waals surface area contributed by atoms with E-state index in [-0.39, 0.29) is 35.8 Å². The molecule has 0 aliphatic carbocycles. The van der Waals surface area contributed by atoms with Crippen molar-refractivity contribution < 1.29 is 13.9 Å². The van der Waals surface area contributed by atoms with E-state index in [1.807, 2.05) is 6.20 Å². The number of carbonyl (C=O) groups is 1. The number of benzene rings is 1. The van der Waals surface area contributed by atoms with Gasteiger partial charge in [-0.25, -0.2) is 4.39 Å². The monoisotopic (exact) mass is 476 g/mol. The van der Waals surface area contributed by atoms with Gasteiger partial charge in [-0.2, -0.15) is 0 Å². The predicted molar refractivity (Wildman–Crippen MR) is 113 cm³/mol. The van der Waals surface area contributed by atoms with E-state index in [4.69, 9.17) is 0 Å². The number of aromatic nitrogens is 1. The number of ether oxygens (including phenoxy) is 1. The molecule has 0 radical (unpaired) electrons. The second kappa shape index (κ2) is 11.7. The molecule has 0 bridgehead atoms. The van der Waals surface area contributed by atoms with Gasteiger partial charge in [0.2, 0.25) is 0 Å². The Morgan fingerprint density at radius 1 is 1.27 bits per heavy atom. The van der Waals surface area contributed by atoms with Crippen molar-refractivity contribution in [2.45, 2.75) is 25.7 Å². The molecule has 1 heterocycles. The van der Waals surface area contributed by atoms with Gasteiger partial charge in [0.25, 0.3) is 0 Å². The topological polar surface area (TPSA) is 78.5 Å². The summed E-state index contributed by atoms with van der Waals surface area (Å²) in [6.45, 7) is 1.42. The highest BCUT2D eigenvalue weighted by Gasteiger charge is 2.05. The third kappa shape index (κ3) is 6.81. The normalized spacial score (nSPS) is 11.1. The van der Waals surface area contributed by atoms with Crippen molar-refractivity contribution in [1.82, 2.24) is 15.6 Å². The van der Waals surface area contributed by atoms with Crippen molar-refractivity contribution in [3.63, 3.8) is 0 Å². The summed E-state index contributed by atoms with van der Waals surface area (Å²) in [6.07, 6.45) is 4.73. The van der Waals surface area contributed by atoms with Gasteiger partial charge in [-0.15, -0.1) is 24.0 Å². The van der Waals surface area contributed by atoms with E-state index in [0.717, 1.165) is 42.3 Å². The number of carbonyl (C=O) groups excluding carboxylic acids is 1. The number of unbranched alkanes of at least 4 members (excludes halogenated alkanes) is 1. The van der Waals surface area contributed by atoms with Crippen molar-refractivity contribution in [3.8, 4) is 0 Å². The number of guanidine groups is 1. The molecule has 1 aromatic heterocycles. The van der Waals surface area contributed by atoms with Crippen LogP contribution in [0.15, 0.2) is 29.4 Å². The number of nitrogens with zero attached hydrogens (tertiary/aromatic N) is 1. The number of aliphatic imine (C=N–C) groups is 1. The lowest BCUT2D eigenvalue weighted by Gasteiger charge is -2.11. The molecule has 0 spiro atoms. The molecule has 6 nitrogen and oxygen atoms in total. The molecule has 0 unspecified atom stereocenters. The van der Waals surface area contributed by atoms with Gasteiger partial charge in [-0.3, -0.25) is 9.79 Å². The van der Waals surface area contributed by atoms with E-state index in [0.29, 0.717) is 18.9 Å². The zero-order chi connectivity index (χ0) is 18.1. The average Bonchev–Trinajstić information content (AvgIpc) is 3.01. The standard InChI is InChI=1S/C18H25FN4O2.HI/c1-20-18(21-9-4-3-5-17(24)25-2)22-10-8-13-12-23-16-7-6-14(19)11-15(13)16;/h6-7,11-12,23H,3-5,8-10H2,1-2H3,(H2,20,21,22);1H. The van der Waals surface area contributed by atoms with Crippen LogP contribution in [0.2, 0.25) is 0 Å². The van der Waals surface area contributed by atoms with E-state index < -0.39 is 0 Å². The molecular formula is C18H26FIN4O2. The number of H-pyrrole nitrogens is 1. The molecule has 0 atom stereocenters. The van der Waals surface area contributed by atoms with Crippen LogP contribution in [0.5, 0.6) is 0 Å². The summed E-state index contributed by atoms with van der Waals surface area (Å²) in [5, 5.41) is 7.35. The summed E-state index contributed by atoms with van der Waals surface area (Å²) >= 11 is 0.